The van der Waals surface area contributed by atoms with E-state index >= 15 is 0 Å². The Labute approximate surface area is 197 Å². The van der Waals surface area contributed by atoms with Crippen LogP contribution in [0.25, 0.3) is 0 Å². The van der Waals surface area contributed by atoms with Crippen molar-refractivity contribution in [2.24, 2.45) is 5.73 Å². The first-order chi connectivity index (χ1) is 15.9. The molecule has 0 radical (unpaired) electrons. The number of ether oxygens (including phenoxy) is 3. The van der Waals surface area contributed by atoms with Crippen LogP contribution in [0.5, 0.6) is 0 Å². The lowest BCUT2D eigenvalue weighted by molar-refractivity contribution is -0.176. The van der Waals surface area contributed by atoms with Gasteiger partial charge in [-0.1, -0.05) is 37.6 Å². The molecule has 2 amide bonds. The quantitative estimate of drug-likeness (QED) is 0.277. The number of carbonyl (C=O) groups is 2. The molecule has 2 rings (SSSR count). The maximum atomic E-state index is 12.8. The largest absolute Gasteiger partial charge is 0.449 e. The number of nitrogens with zero attached hydrogens (tertiary/aromatic N) is 2. The Hall–Kier alpha value is -2.06. The number of piperazine rings is 1. The minimum absolute atomic E-state index is 0.144. The molecule has 0 aromatic heterocycles. The van der Waals surface area contributed by atoms with Crippen LogP contribution in [0.3, 0.4) is 0 Å². The van der Waals surface area contributed by atoms with Crippen molar-refractivity contribution >= 4 is 20.5 Å². The fraction of sp³-hybridized carbons (Fsp3) is 0.652. The zero-order chi connectivity index (χ0) is 24.3. The van der Waals surface area contributed by atoms with Gasteiger partial charge >= 0.3 is 6.09 Å². The summed E-state index contributed by atoms with van der Waals surface area (Å²) in [6.07, 6.45) is 1.85. The average Bonchev–Trinajstić information content (AvgIpc) is 2.84. The fourth-order valence-electron chi connectivity index (χ4n) is 3.64. The van der Waals surface area contributed by atoms with Crippen LogP contribution >= 0.6 is 8.46 Å². The molecule has 0 saturated carbocycles. The third-order valence-corrected chi connectivity index (χ3v) is 6.22. The maximum absolute atomic E-state index is 12.8. The molecule has 0 unspecified atom stereocenters. The zero-order valence-corrected chi connectivity index (χ0v) is 20.7. The molecule has 33 heavy (non-hydrogen) atoms. The van der Waals surface area contributed by atoms with Gasteiger partial charge in [-0.3, -0.25) is 9.36 Å². The lowest BCUT2D eigenvalue weighted by Crippen LogP contribution is -2.54. The highest BCUT2D eigenvalue weighted by Crippen LogP contribution is 2.38. The van der Waals surface area contributed by atoms with Crippen molar-refractivity contribution in [3.8, 4) is 0 Å². The van der Waals surface area contributed by atoms with Crippen LogP contribution in [0.1, 0.15) is 44.7 Å². The van der Waals surface area contributed by atoms with E-state index in [1.165, 1.54) is 0 Å². The smallest absolute Gasteiger partial charge is 0.409 e. The number of amides is 2. The van der Waals surface area contributed by atoms with Gasteiger partial charge in [0, 0.05) is 45.0 Å². The van der Waals surface area contributed by atoms with E-state index < -0.39 is 11.6 Å². The van der Waals surface area contributed by atoms with Crippen LogP contribution in [0, 0.1) is 0 Å². The van der Waals surface area contributed by atoms with Gasteiger partial charge in [-0.05, 0) is 32.3 Å². The molecule has 184 valence electrons. The Kier molecular flexibility index (Phi) is 11.2. The lowest BCUT2D eigenvalue weighted by Gasteiger charge is -2.35. The van der Waals surface area contributed by atoms with Crippen LogP contribution < -0.4 is 5.73 Å². The number of nitrogens with two attached hydrogens (primary N) is 1. The van der Waals surface area contributed by atoms with Gasteiger partial charge in [0.05, 0.1) is 12.6 Å². The summed E-state index contributed by atoms with van der Waals surface area (Å²) in [6.45, 7) is 8.51. The average molecular weight is 482 g/mol. The second-order valence-corrected chi connectivity index (χ2v) is 8.60. The predicted octanol–water partition coefficient (Wildman–Crippen LogP) is 3.11. The van der Waals surface area contributed by atoms with E-state index in [-0.39, 0.29) is 20.5 Å². The van der Waals surface area contributed by atoms with Gasteiger partial charge in [0.15, 0.2) is 0 Å². The Bertz CT molecular complexity index is 762. The minimum atomic E-state index is -1.34. The van der Waals surface area contributed by atoms with Crippen molar-refractivity contribution in [2.75, 3.05) is 46.0 Å². The van der Waals surface area contributed by atoms with E-state index in [0.29, 0.717) is 58.0 Å². The molecule has 1 aliphatic rings. The van der Waals surface area contributed by atoms with Crippen LogP contribution in [-0.4, -0.2) is 73.8 Å². The number of carbonyl (C=O) groups excluding carboxylic acids is 2. The molecule has 10 heteroatoms. The van der Waals surface area contributed by atoms with Crippen molar-refractivity contribution in [3.63, 3.8) is 0 Å². The van der Waals surface area contributed by atoms with Crippen LogP contribution in [0.2, 0.25) is 0 Å². The molecule has 1 atom stereocenters. The van der Waals surface area contributed by atoms with E-state index in [0.717, 1.165) is 18.4 Å². The molecule has 1 saturated heterocycles. The molecule has 0 spiro atoms. The summed E-state index contributed by atoms with van der Waals surface area (Å²) in [4.78, 5) is 28.2. The van der Waals surface area contributed by atoms with Crippen LogP contribution in [0.4, 0.5) is 4.79 Å². The summed E-state index contributed by atoms with van der Waals surface area (Å²) in [7, 11) is -0.283. The SMILES string of the molecule is CCCCOC(=O)N1CCN(C(=O)[C@@H](N)Cc2ccc(C(OCC)(OCC)P=O)cc2)CC1. The third kappa shape index (κ3) is 7.47. The van der Waals surface area contributed by atoms with E-state index in [4.69, 9.17) is 19.9 Å². The Balaban J connectivity index is 1.91. The summed E-state index contributed by atoms with van der Waals surface area (Å²) in [5.74, 6) is -0.144. The molecule has 1 aromatic rings. The third-order valence-electron chi connectivity index (χ3n) is 5.46. The second kappa shape index (κ2) is 13.6. The van der Waals surface area contributed by atoms with Gasteiger partial charge < -0.3 is 29.7 Å². The van der Waals surface area contributed by atoms with Gasteiger partial charge in [0.25, 0.3) is 5.53 Å². The summed E-state index contributed by atoms with van der Waals surface area (Å²) in [6, 6.07) is 6.55. The number of hydrogen-bond donors (Lipinski definition) is 1. The first-order valence-electron chi connectivity index (χ1n) is 11.6. The topological polar surface area (TPSA) is 111 Å². The monoisotopic (exact) mass is 481 g/mol. The number of hydrogen-bond acceptors (Lipinski definition) is 7. The summed E-state index contributed by atoms with van der Waals surface area (Å²) >= 11 is 0. The highest BCUT2D eigenvalue weighted by atomic mass is 31.1. The van der Waals surface area contributed by atoms with Gasteiger partial charge in [-0.15, -0.1) is 0 Å². The van der Waals surface area contributed by atoms with Gasteiger partial charge in [-0.2, -0.15) is 0 Å². The normalized spacial score (nSPS) is 15.5. The fourth-order valence-corrected chi connectivity index (χ4v) is 4.25. The predicted molar refractivity (Wildman–Crippen MR) is 125 cm³/mol. The molecular weight excluding hydrogens is 445 g/mol. The van der Waals surface area contributed by atoms with Crippen molar-refractivity contribution < 1.29 is 28.4 Å². The summed E-state index contributed by atoms with van der Waals surface area (Å²) in [5, 5.41) is 0. The molecule has 1 heterocycles. The Morgan fingerprint density at radius 1 is 1.03 bits per heavy atom. The summed E-state index contributed by atoms with van der Waals surface area (Å²) in [5.41, 5.74) is 6.38. The minimum Gasteiger partial charge on any atom is -0.449 e. The molecule has 9 nitrogen and oxygen atoms in total. The van der Waals surface area contributed by atoms with E-state index in [9.17, 15) is 14.2 Å². The molecule has 2 N–H and O–H groups in total. The zero-order valence-electron chi connectivity index (χ0n) is 19.8. The number of benzene rings is 1. The number of rotatable bonds is 12. The lowest BCUT2D eigenvalue weighted by atomic mass is 10.0. The van der Waals surface area contributed by atoms with Crippen LogP contribution in [-0.2, 0) is 35.5 Å². The molecular formula is C23H36N3O6P. The van der Waals surface area contributed by atoms with Crippen molar-refractivity contribution in [2.45, 2.75) is 51.6 Å². The first-order valence-corrected chi connectivity index (χ1v) is 12.4. The highest BCUT2D eigenvalue weighted by molar-refractivity contribution is 7.24. The maximum Gasteiger partial charge on any atom is 0.409 e. The van der Waals surface area contributed by atoms with Crippen LogP contribution in [0.15, 0.2) is 24.3 Å². The molecule has 0 bridgehead atoms. The van der Waals surface area contributed by atoms with Gasteiger partial charge in [0.2, 0.25) is 14.4 Å². The van der Waals surface area contributed by atoms with Crippen molar-refractivity contribution in [1.82, 2.24) is 9.80 Å². The van der Waals surface area contributed by atoms with Crippen molar-refractivity contribution in [3.05, 3.63) is 35.4 Å². The standard InChI is InChI=1S/C23H36N3O6P/c1-4-7-16-30-22(28)26-14-12-25(13-15-26)21(27)20(24)17-18-8-10-19(11-9-18)23(33-29,31-5-2)32-6-3/h8-11,20H,4-7,12-17,24H2,1-3H3/t20-/m0/s1. The van der Waals surface area contributed by atoms with Gasteiger partial charge in [-0.25, -0.2) is 4.79 Å². The van der Waals surface area contributed by atoms with Crippen molar-refractivity contribution in [1.29, 1.82) is 0 Å². The highest BCUT2D eigenvalue weighted by Gasteiger charge is 2.35. The Morgan fingerprint density at radius 2 is 1.61 bits per heavy atom. The number of unbranched alkanes of at least 4 members (excludes halogenated alkanes) is 1. The van der Waals surface area contributed by atoms with E-state index in [1.807, 2.05) is 32.9 Å². The molecule has 1 aromatic carbocycles. The van der Waals surface area contributed by atoms with E-state index in [2.05, 4.69) is 0 Å². The Morgan fingerprint density at radius 3 is 2.12 bits per heavy atom. The second-order valence-electron chi connectivity index (χ2n) is 7.83. The molecule has 1 aliphatic heterocycles. The van der Waals surface area contributed by atoms with Gasteiger partial charge in [0.1, 0.15) is 0 Å². The first kappa shape index (κ1) is 27.2. The molecule has 1 fully saturated rings. The summed E-state index contributed by atoms with van der Waals surface area (Å²) < 4.78 is 28.3. The van der Waals surface area contributed by atoms with E-state index in [1.54, 1.807) is 21.9 Å². The molecule has 0 aliphatic carbocycles.